The van der Waals surface area contributed by atoms with Gasteiger partial charge in [-0.2, -0.15) is 0 Å². The molecule has 0 saturated heterocycles. The van der Waals surface area contributed by atoms with E-state index in [1.54, 1.807) is 0 Å². The lowest BCUT2D eigenvalue weighted by Crippen LogP contribution is -2.06. The Morgan fingerprint density at radius 1 is 0.875 bits per heavy atom. The summed E-state index contributed by atoms with van der Waals surface area (Å²) in [5.74, 6) is 0.736. The number of benzene rings is 3. The number of fused-ring (bicyclic) bond motifs is 1. The average molecular weight is 426 g/mol. The van der Waals surface area contributed by atoms with Crippen LogP contribution >= 0.6 is 0 Å². The largest absolute Gasteiger partial charge is 0.338 e. The number of hydrogen-bond donors (Lipinski definition) is 2. The molecule has 4 rings (SSSR count). The molecular weight excluding hydrogens is 398 g/mol. The van der Waals surface area contributed by atoms with Crippen LogP contribution in [0.25, 0.3) is 22.4 Å². The third-order valence-corrected chi connectivity index (χ3v) is 5.83. The van der Waals surface area contributed by atoms with Gasteiger partial charge in [-0.3, -0.25) is 9.59 Å². The van der Waals surface area contributed by atoms with Gasteiger partial charge in [-0.05, 0) is 85.8 Å². The Morgan fingerprint density at radius 3 is 2.25 bits per heavy atom. The summed E-state index contributed by atoms with van der Waals surface area (Å²) < 4.78 is 0. The Labute approximate surface area is 187 Å². The first-order valence-electron chi connectivity index (χ1n) is 10.7. The summed E-state index contributed by atoms with van der Waals surface area (Å²) in [7, 11) is 0. The summed E-state index contributed by atoms with van der Waals surface area (Å²) in [5, 5.41) is 2.83. The minimum Gasteiger partial charge on any atom is -0.338 e. The zero-order valence-corrected chi connectivity index (χ0v) is 19.1. The number of aromatic amines is 1. The van der Waals surface area contributed by atoms with Crippen LogP contribution in [0.15, 0.2) is 48.5 Å². The zero-order valence-electron chi connectivity index (χ0n) is 19.1. The van der Waals surface area contributed by atoms with Crippen LogP contribution in [0.4, 0.5) is 5.69 Å². The van der Waals surface area contributed by atoms with Gasteiger partial charge in [0.1, 0.15) is 5.82 Å². The van der Waals surface area contributed by atoms with E-state index in [0.717, 1.165) is 44.8 Å². The lowest BCUT2D eigenvalue weighted by molar-refractivity contribution is -0.114. The molecule has 3 aromatic carbocycles. The SMILES string of the molecule is CC(=O)Nc1cc(C)c(-c2nc3ccc(C(=O)Cc4ccc(C)c(C)c4)cc3[nH]2)c(C)c1. The van der Waals surface area contributed by atoms with Gasteiger partial charge >= 0.3 is 0 Å². The summed E-state index contributed by atoms with van der Waals surface area (Å²) in [6.07, 6.45) is 0.371. The number of rotatable bonds is 5. The Bertz CT molecular complexity index is 1340. The van der Waals surface area contributed by atoms with Crippen molar-refractivity contribution in [2.24, 2.45) is 0 Å². The summed E-state index contributed by atoms with van der Waals surface area (Å²) >= 11 is 0. The number of hydrogen-bond acceptors (Lipinski definition) is 3. The van der Waals surface area contributed by atoms with Gasteiger partial charge in [0, 0.05) is 30.2 Å². The number of H-pyrrole nitrogens is 1. The van der Waals surface area contributed by atoms with Crippen molar-refractivity contribution in [2.45, 2.75) is 41.0 Å². The number of anilines is 1. The highest BCUT2D eigenvalue weighted by molar-refractivity contribution is 6.00. The second-order valence-corrected chi connectivity index (χ2v) is 8.50. The summed E-state index contributed by atoms with van der Waals surface area (Å²) in [6, 6.07) is 15.6. The van der Waals surface area contributed by atoms with Crippen LogP contribution in [-0.4, -0.2) is 21.7 Å². The second kappa shape index (κ2) is 8.42. The molecule has 0 fully saturated rings. The van der Waals surface area contributed by atoms with E-state index in [1.165, 1.54) is 18.1 Å². The van der Waals surface area contributed by atoms with Crippen molar-refractivity contribution < 1.29 is 9.59 Å². The number of aryl methyl sites for hydroxylation is 4. The van der Waals surface area contributed by atoms with E-state index in [-0.39, 0.29) is 11.7 Å². The maximum atomic E-state index is 12.9. The maximum absolute atomic E-state index is 12.9. The van der Waals surface area contributed by atoms with Crippen molar-refractivity contribution in [3.8, 4) is 11.4 Å². The molecule has 2 N–H and O–H groups in total. The normalized spacial score (nSPS) is 11.0. The number of nitrogens with one attached hydrogen (secondary N) is 2. The standard InChI is InChI=1S/C27H27N3O2/c1-15-6-7-20(10-16(15)2)13-25(32)21-8-9-23-24(14-21)30-27(29-23)26-17(3)11-22(12-18(26)4)28-19(5)31/h6-12,14H,13H2,1-5H3,(H,28,31)(H,29,30). The number of nitrogens with zero attached hydrogens (tertiary/aromatic N) is 1. The number of carbonyl (C=O) groups is 2. The molecule has 0 atom stereocenters. The Balaban J connectivity index is 1.64. The van der Waals surface area contributed by atoms with Gasteiger partial charge in [-0.1, -0.05) is 18.2 Å². The van der Waals surface area contributed by atoms with Gasteiger partial charge in [0.05, 0.1) is 11.0 Å². The first-order chi connectivity index (χ1) is 15.2. The maximum Gasteiger partial charge on any atom is 0.221 e. The van der Waals surface area contributed by atoms with Crippen molar-refractivity contribution in [2.75, 3.05) is 5.32 Å². The van der Waals surface area contributed by atoms with Gasteiger partial charge in [0.2, 0.25) is 5.91 Å². The predicted molar refractivity (Wildman–Crippen MR) is 129 cm³/mol. The molecule has 1 amide bonds. The zero-order chi connectivity index (χ0) is 23.0. The monoisotopic (exact) mass is 425 g/mol. The third kappa shape index (κ3) is 4.33. The topological polar surface area (TPSA) is 74.8 Å². The quantitative estimate of drug-likeness (QED) is 0.394. The molecule has 4 aromatic rings. The average Bonchev–Trinajstić information content (AvgIpc) is 3.12. The van der Waals surface area contributed by atoms with E-state index in [1.807, 2.05) is 50.2 Å². The highest BCUT2D eigenvalue weighted by Crippen LogP contribution is 2.30. The van der Waals surface area contributed by atoms with Crippen LogP contribution in [0.3, 0.4) is 0 Å². The number of amides is 1. The number of Topliss-reactive ketones (excluding diaryl/α,β-unsaturated/α-hetero) is 1. The molecule has 5 heteroatoms. The molecule has 0 unspecified atom stereocenters. The van der Waals surface area contributed by atoms with Gasteiger partial charge in [-0.15, -0.1) is 0 Å². The number of aromatic nitrogens is 2. The molecule has 0 aliphatic rings. The molecule has 32 heavy (non-hydrogen) atoms. The van der Waals surface area contributed by atoms with E-state index in [9.17, 15) is 9.59 Å². The van der Waals surface area contributed by atoms with Crippen molar-refractivity contribution in [3.63, 3.8) is 0 Å². The van der Waals surface area contributed by atoms with Crippen LogP contribution in [0.1, 0.15) is 45.1 Å². The lowest BCUT2D eigenvalue weighted by Gasteiger charge is -2.11. The van der Waals surface area contributed by atoms with Gasteiger partial charge in [0.25, 0.3) is 0 Å². The molecule has 0 bridgehead atoms. The smallest absolute Gasteiger partial charge is 0.221 e. The molecule has 1 aromatic heterocycles. The molecule has 0 saturated carbocycles. The van der Waals surface area contributed by atoms with Crippen molar-refractivity contribution in [1.82, 2.24) is 9.97 Å². The molecule has 0 aliphatic carbocycles. The predicted octanol–water partition coefficient (Wildman–Crippen LogP) is 5.85. The molecule has 0 radical (unpaired) electrons. The van der Waals surface area contributed by atoms with E-state index in [2.05, 4.69) is 36.3 Å². The second-order valence-electron chi connectivity index (χ2n) is 8.50. The number of imidazole rings is 1. The summed E-state index contributed by atoms with van der Waals surface area (Å²) in [5.41, 5.74) is 9.54. The fourth-order valence-electron chi connectivity index (χ4n) is 4.11. The van der Waals surface area contributed by atoms with Crippen LogP contribution in [0, 0.1) is 27.7 Å². The first-order valence-corrected chi connectivity index (χ1v) is 10.7. The molecule has 0 aliphatic heterocycles. The van der Waals surface area contributed by atoms with Crippen molar-refractivity contribution >= 4 is 28.4 Å². The third-order valence-electron chi connectivity index (χ3n) is 5.83. The highest BCUT2D eigenvalue weighted by atomic mass is 16.1. The molecule has 5 nitrogen and oxygen atoms in total. The van der Waals surface area contributed by atoms with Crippen LogP contribution < -0.4 is 5.32 Å². The number of ketones is 1. The van der Waals surface area contributed by atoms with E-state index >= 15 is 0 Å². The summed E-state index contributed by atoms with van der Waals surface area (Å²) in [6.45, 7) is 9.63. The van der Waals surface area contributed by atoms with Crippen molar-refractivity contribution in [1.29, 1.82) is 0 Å². The Morgan fingerprint density at radius 2 is 1.59 bits per heavy atom. The van der Waals surface area contributed by atoms with Gasteiger partial charge in [0.15, 0.2) is 5.78 Å². The highest BCUT2D eigenvalue weighted by Gasteiger charge is 2.15. The fraction of sp³-hybridized carbons (Fsp3) is 0.222. The van der Waals surface area contributed by atoms with E-state index in [0.29, 0.717) is 12.0 Å². The van der Waals surface area contributed by atoms with Crippen LogP contribution in [-0.2, 0) is 11.2 Å². The molecule has 1 heterocycles. The van der Waals surface area contributed by atoms with E-state index in [4.69, 9.17) is 4.98 Å². The summed E-state index contributed by atoms with van der Waals surface area (Å²) in [4.78, 5) is 32.4. The lowest BCUT2D eigenvalue weighted by atomic mass is 9.99. The Kier molecular flexibility index (Phi) is 5.66. The minimum atomic E-state index is -0.0988. The molecule has 162 valence electrons. The molecule has 0 spiro atoms. The van der Waals surface area contributed by atoms with Gasteiger partial charge in [-0.25, -0.2) is 4.98 Å². The van der Waals surface area contributed by atoms with E-state index < -0.39 is 0 Å². The van der Waals surface area contributed by atoms with Gasteiger partial charge < -0.3 is 10.3 Å². The van der Waals surface area contributed by atoms with Crippen molar-refractivity contribution in [3.05, 3.63) is 81.9 Å². The first kappa shape index (κ1) is 21.5. The van der Waals surface area contributed by atoms with Crippen LogP contribution in [0.5, 0.6) is 0 Å². The van der Waals surface area contributed by atoms with Crippen LogP contribution in [0.2, 0.25) is 0 Å². The minimum absolute atomic E-state index is 0.0818. The Hall–Kier alpha value is -3.73. The fourth-order valence-corrected chi connectivity index (χ4v) is 4.11. The molecular formula is C27H27N3O2. The number of carbonyl (C=O) groups excluding carboxylic acids is 2.